The summed E-state index contributed by atoms with van der Waals surface area (Å²) in [6, 6.07) is 7.73. The van der Waals surface area contributed by atoms with Gasteiger partial charge in [0.15, 0.2) is 0 Å². The Bertz CT molecular complexity index is 597. The van der Waals surface area contributed by atoms with Crippen molar-refractivity contribution in [2.24, 2.45) is 17.8 Å². The van der Waals surface area contributed by atoms with Crippen LogP contribution in [0.25, 0.3) is 0 Å². The third kappa shape index (κ3) is 3.42. The van der Waals surface area contributed by atoms with Crippen molar-refractivity contribution in [3.63, 3.8) is 0 Å². The number of anilines is 1. The van der Waals surface area contributed by atoms with Gasteiger partial charge >= 0.3 is 0 Å². The lowest BCUT2D eigenvalue weighted by molar-refractivity contribution is -0.122. The van der Waals surface area contributed by atoms with Gasteiger partial charge in [0.2, 0.25) is 5.91 Å². The second-order valence-electron chi connectivity index (χ2n) is 7.36. The van der Waals surface area contributed by atoms with Gasteiger partial charge in [0.25, 0.3) is 0 Å². The number of carbonyl (C=O) groups is 1. The predicted molar refractivity (Wildman–Crippen MR) is 107 cm³/mol. The van der Waals surface area contributed by atoms with Gasteiger partial charge in [0, 0.05) is 23.1 Å². The van der Waals surface area contributed by atoms with E-state index in [2.05, 4.69) is 28.8 Å². The van der Waals surface area contributed by atoms with E-state index < -0.39 is 0 Å². The normalized spacial score (nSPS) is 30.2. The summed E-state index contributed by atoms with van der Waals surface area (Å²) in [7, 11) is 0. The van der Waals surface area contributed by atoms with Crippen LogP contribution in [0.1, 0.15) is 39.0 Å². The lowest BCUT2D eigenvalue weighted by Crippen LogP contribution is -2.48. The Kier molecular flexibility index (Phi) is 5.23. The fourth-order valence-electron chi connectivity index (χ4n) is 4.87. The highest BCUT2D eigenvalue weighted by Gasteiger charge is 2.55. The van der Waals surface area contributed by atoms with Crippen molar-refractivity contribution in [1.29, 1.82) is 0 Å². The van der Waals surface area contributed by atoms with E-state index in [1.54, 1.807) is 0 Å². The second kappa shape index (κ2) is 7.43. The van der Waals surface area contributed by atoms with Crippen LogP contribution >= 0.6 is 23.5 Å². The summed E-state index contributed by atoms with van der Waals surface area (Å²) >= 11 is 4.40. The molecule has 1 spiro atoms. The molecule has 136 valence electrons. The highest BCUT2D eigenvalue weighted by molar-refractivity contribution is 8.21. The fraction of sp³-hybridized carbons (Fsp3) is 0.650. The first-order chi connectivity index (χ1) is 12.2. The Labute approximate surface area is 159 Å². The maximum absolute atomic E-state index is 12.9. The molecule has 1 aromatic carbocycles. The molecule has 5 heteroatoms. The predicted octanol–water partition coefficient (Wildman–Crippen LogP) is 5.03. The molecule has 4 rings (SSSR count). The number of nitrogens with one attached hydrogen (secondary N) is 1. The summed E-state index contributed by atoms with van der Waals surface area (Å²) in [4.78, 5) is 12.9. The van der Waals surface area contributed by atoms with E-state index >= 15 is 0 Å². The van der Waals surface area contributed by atoms with Crippen LogP contribution in [0.4, 0.5) is 5.69 Å². The Balaban J connectivity index is 1.41. The van der Waals surface area contributed by atoms with Gasteiger partial charge in [-0.15, -0.1) is 23.5 Å². The molecule has 1 saturated heterocycles. The number of carbonyl (C=O) groups excluding carboxylic acids is 1. The maximum atomic E-state index is 12.9. The van der Waals surface area contributed by atoms with Crippen molar-refractivity contribution in [1.82, 2.24) is 0 Å². The van der Waals surface area contributed by atoms with Crippen molar-refractivity contribution in [3.05, 3.63) is 24.3 Å². The molecule has 1 aliphatic heterocycles. The van der Waals surface area contributed by atoms with E-state index in [1.165, 1.54) is 30.8 Å². The number of ether oxygens (including phenoxy) is 1. The minimum Gasteiger partial charge on any atom is -0.494 e. The molecule has 0 unspecified atom stereocenters. The van der Waals surface area contributed by atoms with Crippen LogP contribution in [-0.4, -0.2) is 28.1 Å². The number of hydrogen-bond donors (Lipinski definition) is 1. The van der Waals surface area contributed by atoms with Crippen molar-refractivity contribution >= 4 is 35.1 Å². The van der Waals surface area contributed by atoms with Gasteiger partial charge < -0.3 is 10.1 Å². The molecule has 25 heavy (non-hydrogen) atoms. The Hall–Kier alpha value is -0.810. The zero-order valence-electron chi connectivity index (χ0n) is 14.8. The van der Waals surface area contributed by atoms with Crippen LogP contribution in [0.5, 0.6) is 5.75 Å². The monoisotopic (exact) mass is 377 g/mol. The molecule has 2 aliphatic carbocycles. The first-order valence-corrected chi connectivity index (χ1v) is 11.5. The molecule has 3 fully saturated rings. The third-order valence-electron chi connectivity index (χ3n) is 5.92. The lowest BCUT2D eigenvalue weighted by Gasteiger charge is -2.52. The number of rotatable bonds is 4. The van der Waals surface area contributed by atoms with Gasteiger partial charge in [0.05, 0.1) is 10.7 Å². The molecule has 1 amide bonds. The largest absolute Gasteiger partial charge is 0.494 e. The van der Waals surface area contributed by atoms with Crippen molar-refractivity contribution in [3.8, 4) is 5.75 Å². The van der Waals surface area contributed by atoms with Gasteiger partial charge in [0.1, 0.15) is 5.75 Å². The first kappa shape index (κ1) is 17.6. The summed E-state index contributed by atoms with van der Waals surface area (Å²) in [5, 5.41) is 3.14. The molecule has 3 aliphatic rings. The third-order valence-corrected chi connectivity index (χ3v) is 9.94. The smallest absolute Gasteiger partial charge is 0.227 e. The van der Waals surface area contributed by atoms with E-state index in [-0.39, 0.29) is 11.8 Å². The first-order valence-electron chi connectivity index (χ1n) is 9.53. The highest BCUT2D eigenvalue weighted by Crippen LogP contribution is 2.64. The Morgan fingerprint density at radius 1 is 1.16 bits per heavy atom. The molecule has 0 radical (unpaired) electrons. The van der Waals surface area contributed by atoms with Gasteiger partial charge in [-0.1, -0.05) is 6.42 Å². The maximum Gasteiger partial charge on any atom is 0.227 e. The molecule has 0 aromatic heterocycles. The minimum absolute atomic E-state index is 0.175. The van der Waals surface area contributed by atoms with Crippen molar-refractivity contribution in [2.45, 2.75) is 43.1 Å². The average molecular weight is 378 g/mol. The molecule has 1 heterocycles. The SMILES string of the molecule is CCOc1ccc(NC(=O)C2C[C@H]3CCC[C@H](C2)C32SCCS2)cc1. The summed E-state index contributed by atoms with van der Waals surface area (Å²) in [6.45, 7) is 2.64. The van der Waals surface area contributed by atoms with E-state index in [4.69, 9.17) is 4.74 Å². The minimum atomic E-state index is 0.175. The Morgan fingerprint density at radius 3 is 2.40 bits per heavy atom. The number of amides is 1. The molecule has 3 nitrogen and oxygen atoms in total. The number of thioether (sulfide) groups is 2. The summed E-state index contributed by atoms with van der Waals surface area (Å²) < 4.78 is 5.91. The zero-order chi connectivity index (χ0) is 17.3. The molecule has 2 saturated carbocycles. The molecule has 1 aromatic rings. The molecule has 1 N–H and O–H groups in total. The standard InChI is InChI=1S/C20H27NO2S2/c1-2-23-18-8-6-17(7-9-18)21-19(22)14-12-15-4-3-5-16(13-14)20(15)24-10-11-25-20/h6-9,14-16H,2-5,10-13H2,1H3,(H,21,22)/t15-,16-/m1/s1. The summed E-state index contributed by atoms with van der Waals surface area (Å²) in [5.74, 6) is 5.26. The molecular weight excluding hydrogens is 350 g/mol. The summed E-state index contributed by atoms with van der Waals surface area (Å²) in [6.07, 6.45) is 6.11. The van der Waals surface area contributed by atoms with E-state index in [0.717, 1.165) is 24.3 Å². The molecular formula is C20H27NO2S2. The van der Waals surface area contributed by atoms with Gasteiger partial charge in [-0.3, -0.25) is 4.79 Å². The Morgan fingerprint density at radius 2 is 1.80 bits per heavy atom. The average Bonchev–Trinajstić information content (AvgIpc) is 3.06. The van der Waals surface area contributed by atoms with Crippen LogP contribution in [-0.2, 0) is 4.79 Å². The van der Waals surface area contributed by atoms with E-state index in [0.29, 0.717) is 22.5 Å². The van der Waals surface area contributed by atoms with Crippen LogP contribution in [0, 0.1) is 17.8 Å². The van der Waals surface area contributed by atoms with E-state index in [9.17, 15) is 4.79 Å². The topological polar surface area (TPSA) is 38.3 Å². The summed E-state index contributed by atoms with van der Waals surface area (Å²) in [5.41, 5.74) is 0.878. The van der Waals surface area contributed by atoms with Crippen LogP contribution in [0.2, 0.25) is 0 Å². The van der Waals surface area contributed by atoms with Gasteiger partial charge in [-0.2, -0.15) is 0 Å². The number of hydrogen-bond acceptors (Lipinski definition) is 4. The fourth-order valence-corrected chi connectivity index (χ4v) is 8.81. The van der Waals surface area contributed by atoms with Crippen LogP contribution in [0.3, 0.4) is 0 Å². The lowest BCUT2D eigenvalue weighted by atomic mass is 9.67. The van der Waals surface area contributed by atoms with Gasteiger partial charge in [-0.05, 0) is 68.7 Å². The van der Waals surface area contributed by atoms with Crippen LogP contribution < -0.4 is 10.1 Å². The van der Waals surface area contributed by atoms with Gasteiger partial charge in [-0.25, -0.2) is 0 Å². The highest BCUT2D eigenvalue weighted by atomic mass is 32.2. The zero-order valence-corrected chi connectivity index (χ0v) is 16.5. The van der Waals surface area contributed by atoms with Crippen molar-refractivity contribution in [2.75, 3.05) is 23.4 Å². The van der Waals surface area contributed by atoms with E-state index in [1.807, 2.05) is 31.2 Å². The number of benzene rings is 1. The van der Waals surface area contributed by atoms with Crippen LogP contribution in [0.15, 0.2) is 24.3 Å². The second-order valence-corrected chi connectivity index (χ2v) is 10.4. The quantitative estimate of drug-likeness (QED) is 0.799. The molecule has 2 bridgehead atoms. The molecule has 2 atom stereocenters. The van der Waals surface area contributed by atoms with Crippen molar-refractivity contribution < 1.29 is 9.53 Å².